The number of carbonyl (C=O) groups is 1. The Hall–Kier alpha value is -0.610. The molecule has 14 heavy (non-hydrogen) atoms. The van der Waals surface area contributed by atoms with E-state index in [1.54, 1.807) is 0 Å². The lowest BCUT2D eigenvalue weighted by Gasteiger charge is -2.29. The molecule has 0 amide bonds. The molecule has 4 nitrogen and oxygen atoms in total. The van der Waals surface area contributed by atoms with E-state index in [2.05, 4.69) is 16.7 Å². The average molecular weight is 200 g/mol. The van der Waals surface area contributed by atoms with Crippen LogP contribution in [-0.2, 0) is 9.53 Å². The van der Waals surface area contributed by atoms with Gasteiger partial charge in [-0.15, -0.1) is 0 Å². The van der Waals surface area contributed by atoms with Crippen LogP contribution >= 0.6 is 0 Å². The van der Waals surface area contributed by atoms with Crippen LogP contribution in [0.1, 0.15) is 19.3 Å². The second kappa shape index (κ2) is 5.32. The summed E-state index contributed by atoms with van der Waals surface area (Å²) in [5.74, 6) is 0.296. The summed E-state index contributed by atoms with van der Waals surface area (Å²) in [6.45, 7) is 2.22. The maximum absolute atomic E-state index is 11.1. The van der Waals surface area contributed by atoms with Crippen LogP contribution in [0.3, 0.4) is 0 Å². The van der Waals surface area contributed by atoms with Gasteiger partial charge in [-0.3, -0.25) is 4.79 Å². The molecule has 0 aliphatic carbocycles. The van der Waals surface area contributed by atoms with Crippen molar-refractivity contribution in [1.29, 1.82) is 0 Å². The van der Waals surface area contributed by atoms with Crippen LogP contribution in [0.2, 0.25) is 0 Å². The fourth-order valence-corrected chi connectivity index (χ4v) is 1.90. The number of likely N-dealkylation sites (tertiary alicyclic amines) is 1. The van der Waals surface area contributed by atoms with Gasteiger partial charge in [0.1, 0.15) is 6.04 Å². The third kappa shape index (κ3) is 3.27. The monoisotopic (exact) mass is 200 g/mol. The summed E-state index contributed by atoms with van der Waals surface area (Å²) in [7, 11) is 3.51. The van der Waals surface area contributed by atoms with Gasteiger partial charge in [0.15, 0.2) is 0 Å². The lowest BCUT2D eigenvalue weighted by atomic mass is 9.91. The largest absolute Gasteiger partial charge is 0.468 e. The SMILES string of the molecule is COC(=O)C(N)CC1CCN(C)CC1. The Morgan fingerprint density at radius 1 is 1.57 bits per heavy atom. The summed E-state index contributed by atoms with van der Waals surface area (Å²) < 4.78 is 4.60. The van der Waals surface area contributed by atoms with Gasteiger partial charge in [-0.25, -0.2) is 0 Å². The fourth-order valence-electron chi connectivity index (χ4n) is 1.90. The highest BCUT2D eigenvalue weighted by Gasteiger charge is 2.22. The number of piperidine rings is 1. The summed E-state index contributed by atoms with van der Waals surface area (Å²) in [4.78, 5) is 13.4. The van der Waals surface area contributed by atoms with Crippen molar-refractivity contribution < 1.29 is 9.53 Å². The molecule has 1 aliphatic rings. The first-order valence-corrected chi connectivity index (χ1v) is 5.15. The number of rotatable bonds is 3. The van der Waals surface area contributed by atoms with Crippen molar-refractivity contribution in [2.75, 3.05) is 27.2 Å². The lowest BCUT2D eigenvalue weighted by Crippen LogP contribution is -2.37. The zero-order chi connectivity index (χ0) is 10.6. The Kier molecular flexibility index (Phi) is 4.35. The molecule has 0 bridgehead atoms. The Labute approximate surface area is 85.4 Å². The molecular formula is C10H20N2O2. The number of esters is 1. The Morgan fingerprint density at radius 2 is 2.14 bits per heavy atom. The number of hydrogen-bond donors (Lipinski definition) is 1. The summed E-state index contributed by atoms with van der Waals surface area (Å²) in [5, 5.41) is 0. The molecule has 0 spiro atoms. The second-order valence-electron chi connectivity index (χ2n) is 4.11. The van der Waals surface area contributed by atoms with E-state index in [1.807, 2.05) is 0 Å². The molecule has 1 fully saturated rings. The zero-order valence-electron chi connectivity index (χ0n) is 9.03. The van der Waals surface area contributed by atoms with E-state index >= 15 is 0 Å². The molecule has 0 aromatic heterocycles. The maximum atomic E-state index is 11.1. The third-order valence-corrected chi connectivity index (χ3v) is 2.93. The predicted molar refractivity (Wildman–Crippen MR) is 54.8 cm³/mol. The third-order valence-electron chi connectivity index (χ3n) is 2.93. The van der Waals surface area contributed by atoms with Crippen molar-refractivity contribution in [3.05, 3.63) is 0 Å². The quantitative estimate of drug-likeness (QED) is 0.662. The van der Waals surface area contributed by atoms with E-state index in [0.717, 1.165) is 32.4 Å². The van der Waals surface area contributed by atoms with Gasteiger partial charge >= 0.3 is 5.97 Å². The molecule has 1 unspecified atom stereocenters. The standard InChI is InChI=1S/C10H20N2O2/c1-12-5-3-8(4-6-12)7-9(11)10(13)14-2/h8-9H,3-7,11H2,1-2H3. The minimum Gasteiger partial charge on any atom is -0.468 e. The minimum atomic E-state index is -0.437. The van der Waals surface area contributed by atoms with Crippen molar-refractivity contribution in [3.8, 4) is 0 Å². The highest BCUT2D eigenvalue weighted by Crippen LogP contribution is 2.20. The van der Waals surface area contributed by atoms with Crippen LogP contribution in [0.15, 0.2) is 0 Å². The Balaban J connectivity index is 2.27. The fraction of sp³-hybridized carbons (Fsp3) is 0.900. The van der Waals surface area contributed by atoms with Gasteiger partial charge in [-0.05, 0) is 45.3 Å². The highest BCUT2D eigenvalue weighted by atomic mass is 16.5. The van der Waals surface area contributed by atoms with Crippen LogP contribution in [0, 0.1) is 5.92 Å². The molecular weight excluding hydrogens is 180 g/mol. The highest BCUT2D eigenvalue weighted by molar-refractivity contribution is 5.75. The summed E-state index contributed by atoms with van der Waals surface area (Å²) in [5.41, 5.74) is 5.71. The first-order valence-electron chi connectivity index (χ1n) is 5.15. The van der Waals surface area contributed by atoms with Gasteiger partial charge in [0.05, 0.1) is 7.11 Å². The molecule has 82 valence electrons. The smallest absolute Gasteiger partial charge is 0.322 e. The lowest BCUT2D eigenvalue weighted by molar-refractivity contribution is -0.142. The van der Waals surface area contributed by atoms with E-state index < -0.39 is 6.04 Å². The van der Waals surface area contributed by atoms with E-state index in [9.17, 15) is 4.79 Å². The van der Waals surface area contributed by atoms with Crippen molar-refractivity contribution in [2.45, 2.75) is 25.3 Å². The first kappa shape index (κ1) is 11.5. The number of methoxy groups -OCH3 is 1. The van der Waals surface area contributed by atoms with Crippen LogP contribution in [0.5, 0.6) is 0 Å². The molecule has 0 saturated carbocycles. The Bertz CT molecular complexity index is 189. The molecule has 0 radical (unpaired) electrons. The van der Waals surface area contributed by atoms with Crippen LogP contribution in [0.25, 0.3) is 0 Å². The molecule has 0 aromatic carbocycles. The summed E-state index contributed by atoms with van der Waals surface area (Å²) in [6.07, 6.45) is 3.04. The molecule has 1 aliphatic heterocycles. The normalized spacial score (nSPS) is 21.9. The number of nitrogens with two attached hydrogens (primary N) is 1. The number of carbonyl (C=O) groups excluding carboxylic acids is 1. The minimum absolute atomic E-state index is 0.288. The van der Waals surface area contributed by atoms with Gasteiger partial charge in [0.2, 0.25) is 0 Å². The molecule has 0 aromatic rings. The van der Waals surface area contributed by atoms with Crippen LogP contribution in [-0.4, -0.2) is 44.2 Å². The van der Waals surface area contributed by atoms with Gasteiger partial charge in [-0.1, -0.05) is 0 Å². The van der Waals surface area contributed by atoms with E-state index in [4.69, 9.17) is 5.73 Å². The summed E-state index contributed by atoms with van der Waals surface area (Å²) >= 11 is 0. The number of hydrogen-bond acceptors (Lipinski definition) is 4. The van der Waals surface area contributed by atoms with E-state index in [0.29, 0.717) is 5.92 Å². The molecule has 1 saturated heterocycles. The molecule has 4 heteroatoms. The van der Waals surface area contributed by atoms with E-state index in [1.165, 1.54) is 7.11 Å². The van der Waals surface area contributed by atoms with Crippen molar-refractivity contribution in [2.24, 2.45) is 11.7 Å². The topological polar surface area (TPSA) is 55.6 Å². The Morgan fingerprint density at radius 3 is 2.64 bits per heavy atom. The van der Waals surface area contributed by atoms with Gasteiger partial charge in [0, 0.05) is 0 Å². The van der Waals surface area contributed by atoms with Crippen LogP contribution < -0.4 is 5.73 Å². The van der Waals surface area contributed by atoms with E-state index in [-0.39, 0.29) is 5.97 Å². The van der Waals surface area contributed by atoms with Gasteiger partial charge in [0.25, 0.3) is 0 Å². The maximum Gasteiger partial charge on any atom is 0.322 e. The van der Waals surface area contributed by atoms with Crippen molar-refractivity contribution in [1.82, 2.24) is 4.90 Å². The molecule has 1 rings (SSSR count). The first-order chi connectivity index (χ1) is 6.63. The zero-order valence-corrected chi connectivity index (χ0v) is 9.03. The summed E-state index contributed by atoms with van der Waals surface area (Å²) in [6, 6.07) is -0.437. The van der Waals surface area contributed by atoms with Crippen molar-refractivity contribution in [3.63, 3.8) is 0 Å². The molecule has 1 heterocycles. The van der Waals surface area contributed by atoms with Crippen molar-refractivity contribution >= 4 is 5.97 Å². The second-order valence-corrected chi connectivity index (χ2v) is 4.11. The molecule has 1 atom stereocenters. The number of ether oxygens (including phenoxy) is 1. The van der Waals surface area contributed by atoms with Crippen LogP contribution in [0.4, 0.5) is 0 Å². The number of nitrogens with zero attached hydrogens (tertiary/aromatic N) is 1. The van der Waals surface area contributed by atoms with Gasteiger partial charge in [-0.2, -0.15) is 0 Å². The average Bonchev–Trinajstić information content (AvgIpc) is 2.20. The molecule has 2 N–H and O–H groups in total. The predicted octanol–water partition coefficient (Wildman–Crippen LogP) is 0.219. The van der Waals surface area contributed by atoms with Gasteiger partial charge < -0.3 is 15.4 Å².